The van der Waals surface area contributed by atoms with Crippen LogP contribution in [0.5, 0.6) is 0 Å². The standard InChI is InChI=1S/C18H21NS4/c1-3-12-19-14(2)9-7-8-13-21-18-16(17(20)22-23-18)15-10-5-4-6-11-15/h1,4-6,10-11,14,19H,7-9,12-13H2,2H3. The first-order chi connectivity index (χ1) is 11.2. The summed E-state index contributed by atoms with van der Waals surface area (Å²) in [4.78, 5) is 0. The van der Waals surface area contributed by atoms with Crippen molar-refractivity contribution >= 4 is 44.7 Å². The number of terminal acetylenes is 1. The van der Waals surface area contributed by atoms with E-state index in [1.807, 2.05) is 28.2 Å². The lowest BCUT2D eigenvalue weighted by Crippen LogP contribution is -2.25. The first-order valence-corrected chi connectivity index (χ1v) is 11.2. The van der Waals surface area contributed by atoms with Crippen molar-refractivity contribution in [1.29, 1.82) is 0 Å². The minimum atomic E-state index is 0.499. The van der Waals surface area contributed by atoms with E-state index >= 15 is 0 Å². The van der Waals surface area contributed by atoms with E-state index in [9.17, 15) is 0 Å². The second kappa shape index (κ2) is 10.3. The second-order valence-electron chi connectivity index (χ2n) is 5.31. The van der Waals surface area contributed by atoms with Gasteiger partial charge < -0.3 is 5.32 Å². The largest absolute Gasteiger partial charge is 0.304 e. The van der Waals surface area contributed by atoms with Crippen molar-refractivity contribution in [2.75, 3.05) is 12.3 Å². The van der Waals surface area contributed by atoms with E-state index < -0.39 is 0 Å². The van der Waals surface area contributed by atoms with Gasteiger partial charge in [0.05, 0.1) is 10.8 Å². The van der Waals surface area contributed by atoms with E-state index in [-0.39, 0.29) is 0 Å². The van der Waals surface area contributed by atoms with Gasteiger partial charge in [0.1, 0.15) is 3.82 Å². The fourth-order valence-corrected chi connectivity index (χ4v) is 6.81. The van der Waals surface area contributed by atoms with Crippen LogP contribution in [0.4, 0.5) is 0 Å². The maximum Gasteiger partial charge on any atom is 0.110 e. The summed E-state index contributed by atoms with van der Waals surface area (Å²) in [5.74, 6) is 3.77. The fraction of sp³-hybridized carbons (Fsp3) is 0.389. The molecule has 0 aliphatic carbocycles. The molecular formula is C18H21NS4. The van der Waals surface area contributed by atoms with E-state index in [0.717, 1.165) is 9.58 Å². The third kappa shape index (κ3) is 6.06. The molecule has 5 heteroatoms. The van der Waals surface area contributed by atoms with Crippen molar-refractivity contribution in [2.24, 2.45) is 0 Å². The maximum atomic E-state index is 5.52. The first-order valence-electron chi connectivity index (χ1n) is 7.70. The molecule has 1 unspecified atom stereocenters. The van der Waals surface area contributed by atoms with Gasteiger partial charge in [-0.2, -0.15) is 0 Å². The van der Waals surface area contributed by atoms with Crippen molar-refractivity contribution in [3.63, 3.8) is 0 Å². The molecule has 0 radical (unpaired) electrons. The molecule has 0 bridgehead atoms. The Labute approximate surface area is 155 Å². The number of thioether (sulfide) groups is 1. The minimum Gasteiger partial charge on any atom is -0.304 e. The van der Waals surface area contributed by atoms with Crippen molar-refractivity contribution in [3.8, 4) is 23.5 Å². The predicted octanol–water partition coefficient (Wildman–Crippen LogP) is 6.08. The third-order valence-electron chi connectivity index (χ3n) is 3.48. The van der Waals surface area contributed by atoms with Crippen molar-refractivity contribution in [3.05, 3.63) is 34.2 Å². The molecule has 1 aromatic carbocycles. The zero-order valence-corrected chi connectivity index (χ0v) is 16.5. The van der Waals surface area contributed by atoms with Gasteiger partial charge >= 0.3 is 0 Å². The number of benzene rings is 1. The SMILES string of the molecule is C#CCNC(C)CCCCSc1ssc(=S)c1-c1ccccc1. The topological polar surface area (TPSA) is 12.0 Å². The normalized spacial score (nSPS) is 12.0. The van der Waals surface area contributed by atoms with Gasteiger partial charge in [0, 0.05) is 11.6 Å². The van der Waals surface area contributed by atoms with Gasteiger partial charge in [0.2, 0.25) is 0 Å². The second-order valence-corrected chi connectivity index (χ2v) is 9.49. The van der Waals surface area contributed by atoms with Gasteiger partial charge in [-0.25, -0.2) is 0 Å². The van der Waals surface area contributed by atoms with Crippen molar-refractivity contribution in [1.82, 2.24) is 5.32 Å². The van der Waals surface area contributed by atoms with Crippen LogP contribution in [0.15, 0.2) is 34.5 Å². The number of nitrogens with one attached hydrogen (secondary N) is 1. The minimum absolute atomic E-state index is 0.499. The van der Waals surface area contributed by atoms with E-state index in [1.54, 1.807) is 10.3 Å². The summed E-state index contributed by atoms with van der Waals surface area (Å²) < 4.78 is 2.38. The Morgan fingerprint density at radius 3 is 2.78 bits per heavy atom. The maximum absolute atomic E-state index is 5.52. The van der Waals surface area contributed by atoms with E-state index in [1.165, 1.54) is 34.6 Å². The average Bonchev–Trinajstić information content (AvgIpc) is 2.94. The lowest BCUT2D eigenvalue weighted by molar-refractivity contribution is 0.523. The number of rotatable bonds is 9. The van der Waals surface area contributed by atoms with Crippen LogP contribution in [-0.2, 0) is 0 Å². The molecule has 1 N–H and O–H groups in total. The Balaban J connectivity index is 1.81. The molecule has 0 aliphatic rings. The molecule has 2 aromatic rings. The lowest BCUT2D eigenvalue weighted by Gasteiger charge is -2.11. The smallest absolute Gasteiger partial charge is 0.110 e. The fourth-order valence-electron chi connectivity index (χ4n) is 2.23. The van der Waals surface area contributed by atoms with Gasteiger partial charge in [0.25, 0.3) is 0 Å². The number of hydrogen-bond acceptors (Lipinski definition) is 5. The average molecular weight is 380 g/mol. The summed E-state index contributed by atoms with van der Waals surface area (Å²) in [6.45, 7) is 2.86. The highest BCUT2D eigenvalue weighted by Crippen LogP contribution is 2.40. The Morgan fingerprint density at radius 1 is 1.26 bits per heavy atom. The zero-order valence-electron chi connectivity index (χ0n) is 13.2. The third-order valence-corrected chi connectivity index (χ3v) is 8.18. The first kappa shape index (κ1) is 18.7. The van der Waals surface area contributed by atoms with Crippen LogP contribution >= 0.6 is 44.7 Å². The van der Waals surface area contributed by atoms with Crippen LogP contribution in [0.25, 0.3) is 11.1 Å². The monoisotopic (exact) mass is 379 g/mol. The summed E-state index contributed by atoms with van der Waals surface area (Å²) in [6.07, 6.45) is 8.88. The van der Waals surface area contributed by atoms with E-state index in [4.69, 9.17) is 18.6 Å². The number of unbranched alkanes of at least 4 members (excludes halogenated alkanes) is 1. The lowest BCUT2D eigenvalue weighted by atomic mass is 10.1. The van der Waals surface area contributed by atoms with Gasteiger partial charge in [-0.15, -0.1) is 18.2 Å². The molecular weight excluding hydrogens is 358 g/mol. The molecule has 0 aliphatic heterocycles. The highest BCUT2D eigenvalue weighted by atomic mass is 32.9. The van der Waals surface area contributed by atoms with Crippen LogP contribution in [0.1, 0.15) is 26.2 Å². The Morgan fingerprint density at radius 2 is 2.04 bits per heavy atom. The van der Waals surface area contributed by atoms with Crippen LogP contribution < -0.4 is 5.32 Å². The van der Waals surface area contributed by atoms with Gasteiger partial charge in [0.15, 0.2) is 0 Å². The van der Waals surface area contributed by atoms with Gasteiger partial charge in [-0.1, -0.05) is 75.6 Å². The molecule has 0 fully saturated rings. The van der Waals surface area contributed by atoms with E-state index in [0.29, 0.717) is 12.6 Å². The highest BCUT2D eigenvalue weighted by Gasteiger charge is 2.11. The highest BCUT2D eigenvalue weighted by molar-refractivity contribution is 8.03. The molecule has 23 heavy (non-hydrogen) atoms. The molecule has 122 valence electrons. The molecule has 1 heterocycles. The number of hydrogen-bond donors (Lipinski definition) is 1. The Hall–Kier alpha value is -0.640. The molecule has 0 amide bonds. The summed E-state index contributed by atoms with van der Waals surface area (Å²) in [6, 6.07) is 11.0. The van der Waals surface area contributed by atoms with E-state index in [2.05, 4.69) is 42.4 Å². The van der Waals surface area contributed by atoms with Gasteiger partial charge in [-0.05, 0) is 31.1 Å². The summed E-state index contributed by atoms with van der Waals surface area (Å²) in [5, 5.41) is 3.32. The van der Waals surface area contributed by atoms with Gasteiger partial charge in [-0.3, -0.25) is 0 Å². The van der Waals surface area contributed by atoms with Crippen LogP contribution in [0.3, 0.4) is 0 Å². The summed E-state index contributed by atoms with van der Waals surface area (Å²) >= 11 is 7.46. The Bertz CT molecular complexity index is 681. The molecule has 1 nitrogen and oxygen atoms in total. The predicted molar refractivity (Wildman–Crippen MR) is 109 cm³/mol. The molecule has 0 saturated heterocycles. The van der Waals surface area contributed by atoms with Crippen LogP contribution in [0, 0.1) is 16.2 Å². The van der Waals surface area contributed by atoms with Crippen molar-refractivity contribution < 1.29 is 0 Å². The molecule has 1 aromatic heterocycles. The van der Waals surface area contributed by atoms with Crippen LogP contribution in [-0.4, -0.2) is 18.3 Å². The molecule has 1 atom stereocenters. The Kier molecular flexibility index (Phi) is 8.35. The van der Waals surface area contributed by atoms with Crippen LogP contribution in [0.2, 0.25) is 0 Å². The quantitative estimate of drug-likeness (QED) is 0.186. The zero-order chi connectivity index (χ0) is 16.5. The molecule has 2 rings (SSSR count). The molecule has 0 spiro atoms. The van der Waals surface area contributed by atoms with Crippen molar-refractivity contribution in [2.45, 2.75) is 36.4 Å². The summed E-state index contributed by atoms with van der Waals surface area (Å²) in [5.41, 5.74) is 2.49. The summed E-state index contributed by atoms with van der Waals surface area (Å²) in [7, 11) is 3.52. The molecule has 0 saturated carbocycles.